The van der Waals surface area contributed by atoms with Crippen molar-refractivity contribution in [1.29, 1.82) is 0 Å². The van der Waals surface area contributed by atoms with Gasteiger partial charge in [0.25, 0.3) is 0 Å². The van der Waals surface area contributed by atoms with Gasteiger partial charge in [-0.3, -0.25) is 4.90 Å². The molecule has 0 aromatic rings. The summed E-state index contributed by atoms with van der Waals surface area (Å²) in [6.07, 6.45) is 9.24. The third-order valence-electron chi connectivity index (χ3n) is 3.26. The van der Waals surface area contributed by atoms with Gasteiger partial charge in [-0.2, -0.15) is 0 Å². The van der Waals surface area contributed by atoms with Crippen molar-refractivity contribution in [3.63, 3.8) is 0 Å². The second-order valence-corrected chi connectivity index (χ2v) is 4.43. The lowest BCUT2D eigenvalue weighted by Crippen LogP contribution is -2.32. The SMILES string of the molecule is CCCCCCCN1CCC[C@@H]1CO. The number of hydrogen-bond donors (Lipinski definition) is 1. The van der Waals surface area contributed by atoms with Crippen LogP contribution in [0.15, 0.2) is 0 Å². The van der Waals surface area contributed by atoms with Crippen LogP contribution in [0.1, 0.15) is 51.9 Å². The highest BCUT2D eigenvalue weighted by Gasteiger charge is 2.22. The Kier molecular flexibility index (Phi) is 6.20. The quantitative estimate of drug-likeness (QED) is 0.636. The highest BCUT2D eigenvalue weighted by Crippen LogP contribution is 2.17. The molecule has 0 aromatic carbocycles. The van der Waals surface area contributed by atoms with Gasteiger partial charge in [-0.05, 0) is 32.4 Å². The Morgan fingerprint density at radius 1 is 1.21 bits per heavy atom. The molecule has 0 spiro atoms. The Balaban J connectivity index is 2.00. The fraction of sp³-hybridized carbons (Fsp3) is 1.00. The summed E-state index contributed by atoms with van der Waals surface area (Å²) in [6, 6.07) is 0.473. The zero-order chi connectivity index (χ0) is 10.2. The van der Waals surface area contributed by atoms with Gasteiger partial charge in [-0.1, -0.05) is 32.6 Å². The third-order valence-corrected chi connectivity index (χ3v) is 3.26. The Bertz CT molecular complexity index is 138. The van der Waals surface area contributed by atoms with E-state index in [2.05, 4.69) is 11.8 Å². The normalized spacial score (nSPS) is 23.1. The second kappa shape index (κ2) is 7.24. The molecule has 1 N–H and O–H groups in total. The molecule has 1 fully saturated rings. The summed E-state index contributed by atoms with van der Waals surface area (Å²) in [7, 11) is 0. The first kappa shape index (κ1) is 12.0. The molecule has 0 bridgehead atoms. The van der Waals surface area contributed by atoms with Crippen LogP contribution in [0, 0.1) is 0 Å². The van der Waals surface area contributed by atoms with Gasteiger partial charge in [0.1, 0.15) is 0 Å². The van der Waals surface area contributed by atoms with Crippen LogP contribution >= 0.6 is 0 Å². The van der Waals surface area contributed by atoms with E-state index in [1.807, 2.05) is 0 Å². The van der Waals surface area contributed by atoms with E-state index in [1.165, 1.54) is 58.0 Å². The molecular formula is C12H25NO. The van der Waals surface area contributed by atoms with Gasteiger partial charge < -0.3 is 5.11 Å². The maximum absolute atomic E-state index is 9.14. The molecule has 2 heteroatoms. The molecule has 1 saturated heterocycles. The molecule has 1 heterocycles. The number of aliphatic hydroxyl groups excluding tert-OH is 1. The van der Waals surface area contributed by atoms with Crippen LogP contribution < -0.4 is 0 Å². The minimum Gasteiger partial charge on any atom is -0.395 e. The van der Waals surface area contributed by atoms with E-state index < -0.39 is 0 Å². The van der Waals surface area contributed by atoms with Crippen LogP contribution in [0.2, 0.25) is 0 Å². The van der Waals surface area contributed by atoms with Crippen LogP contribution in [-0.2, 0) is 0 Å². The molecule has 0 aliphatic carbocycles. The van der Waals surface area contributed by atoms with Crippen LogP contribution in [0.3, 0.4) is 0 Å². The summed E-state index contributed by atoms with van der Waals surface area (Å²) in [4.78, 5) is 2.46. The molecule has 0 amide bonds. The average Bonchev–Trinajstić information content (AvgIpc) is 2.65. The molecule has 14 heavy (non-hydrogen) atoms. The molecule has 1 rings (SSSR count). The largest absolute Gasteiger partial charge is 0.395 e. The Morgan fingerprint density at radius 2 is 2.00 bits per heavy atom. The minimum absolute atomic E-state index is 0.356. The summed E-state index contributed by atoms with van der Waals surface area (Å²) in [6.45, 7) is 5.02. The maximum atomic E-state index is 9.14. The second-order valence-electron chi connectivity index (χ2n) is 4.43. The summed E-state index contributed by atoms with van der Waals surface area (Å²) in [5, 5.41) is 9.14. The highest BCUT2D eigenvalue weighted by atomic mass is 16.3. The van der Waals surface area contributed by atoms with Gasteiger partial charge in [0.2, 0.25) is 0 Å². The Hall–Kier alpha value is -0.0800. The van der Waals surface area contributed by atoms with Gasteiger partial charge in [0, 0.05) is 6.04 Å². The standard InChI is InChI=1S/C12H25NO/c1-2-3-4-5-6-9-13-10-7-8-12(13)11-14/h12,14H,2-11H2,1H3/t12-/m1/s1. The number of nitrogens with zero attached hydrogens (tertiary/aromatic N) is 1. The van der Waals surface area contributed by atoms with Crippen LogP contribution in [0.5, 0.6) is 0 Å². The molecule has 0 unspecified atom stereocenters. The van der Waals surface area contributed by atoms with Crippen molar-refractivity contribution in [3.8, 4) is 0 Å². The van der Waals surface area contributed by atoms with E-state index in [-0.39, 0.29) is 0 Å². The van der Waals surface area contributed by atoms with Gasteiger partial charge in [-0.15, -0.1) is 0 Å². The zero-order valence-corrected chi connectivity index (χ0v) is 9.54. The molecule has 2 nitrogen and oxygen atoms in total. The first-order valence-corrected chi connectivity index (χ1v) is 6.23. The van der Waals surface area contributed by atoms with Crippen molar-refractivity contribution in [2.24, 2.45) is 0 Å². The number of rotatable bonds is 7. The molecule has 0 aromatic heterocycles. The highest BCUT2D eigenvalue weighted by molar-refractivity contribution is 4.77. The van der Waals surface area contributed by atoms with Crippen LogP contribution in [-0.4, -0.2) is 35.7 Å². The lowest BCUT2D eigenvalue weighted by Gasteiger charge is -2.22. The molecule has 0 radical (unpaired) electrons. The molecule has 1 atom stereocenters. The first-order valence-electron chi connectivity index (χ1n) is 6.23. The predicted octanol–water partition coefficient (Wildman–Crippen LogP) is 2.41. The van der Waals surface area contributed by atoms with Crippen molar-refractivity contribution >= 4 is 0 Å². The minimum atomic E-state index is 0.356. The van der Waals surface area contributed by atoms with Crippen molar-refractivity contribution in [2.75, 3.05) is 19.7 Å². The third kappa shape index (κ3) is 3.97. The van der Waals surface area contributed by atoms with E-state index in [0.717, 1.165) is 0 Å². The van der Waals surface area contributed by atoms with E-state index in [1.54, 1.807) is 0 Å². The number of unbranched alkanes of at least 4 members (excludes halogenated alkanes) is 4. The smallest absolute Gasteiger partial charge is 0.0586 e. The van der Waals surface area contributed by atoms with Gasteiger partial charge in [0.05, 0.1) is 6.61 Å². The average molecular weight is 199 g/mol. The monoisotopic (exact) mass is 199 g/mol. The topological polar surface area (TPSA) is 23.5 Å². The number of likely N-dealkylation sites (tertiary alicyclic amines) is 1. The van der Waals surface area contributed by atoms with E-state index in [9.17, 15) is 0 Å². The van der Waals surface area contributed by atoms with E-state index in [0.29, 0.717) is 12.6 Å². The van der Waals surface area contributed by atoms with E-state index in [4.69, 9.17) is 5.11 Å². The lowest BCUT2D eigenvalue weighted by atomic mass is 10.1. The van der Waals surface area contributed by atoms with Crippen molar-refractivity contribution in [2.45, 2.75) is 57.9 Å². The zero-order valence-electron chi connectivity index (χ0n) is 9.54. The van der Waals surface area contributed by atoms with Gasteiger partial charge in [0.15, 0.2) is 0 Å². The van der Waals surface area contributed by atoms with Crippen molar-refractivity contribution in [1.82, 2.24) is 4.90 Å². The van der Waals surface area contributed by atoms with Crippen LogP contribution in [0.4, 0.5) is 0 Å². The van der Waals surface area contributed by atoms with E-state index >= 15 is 0 Å². The van der Waals surface area contributed by atoms with Crippen molar-refractivity contribution < 1.29 is 5.11 Å². The molecular weight excluding hydrogens is 174 g/mol. The fourth-order valence-corrected chi connectivity index (χ4v) is 2.31. The van der Waals surface area contributed by atoms with Gasteiger partial charge in [-0.25, -0.2) is 0 Å². The number of aliphatic hydroxyl groups is 1. The number of hydrogen-bond acceptors (Lipinski definition) is 2. The lowest BCUT2D eigenvalue weighted by molar-refractivity contribution is 0.157. The summed E-state index contributed by atoms with van der Waals surface area (Å²) in [5.74, 6) is 0. The Labute approximate surface area is 88.3 Å². The summed E-state index contributed by atoms with van der Waals surface area (Å²) < 4.78 is 0. The Morgan fingerprint density at radius 3 is 2.71 bits per heavy atom. The fourth-order valence-electron chi connectivity index (χ4n) is 2.31. The first-order chi connectivity index (χ1) is 6.88. The summed E-state index contributed by atoms with van der Waals surface area (Å²) in [5.41, 5.74) is 0. The molecule has 0 saturated carbocycles. The van der Waals surface area contributed by atoms with Crippen LogP contribution in [0.25, 0.3) is 0 Å². The van der Waals surface area contributed by atoms with Crippen molar-refractivity contribution in [3.05, 3.63) is 0 Å². The molecule has 84 valence electrons. The molecule has 1 aliphatic heterocycles. The maximum Gasteiger partial charge on any atom is 0.0586 e. The predicted molar refractivity (Wildman–Crippen MR) is 60.4 cm³/mol. The molecule has 1 aliphatic rings. The summed E-state index contributed by atoms with van der Waals surface area (Å²) >= 11 is 0. The van der Waals surface area contributed by atoms with Gasteiger partial charge >= 0.3 is 0 Å².